The molecule has 20 heavy (non-hydrogen) atoms. The fraction of sp³-hybridized carbons (Fsp3) is 0.467. The number of carboxylic acids is 1. The Hall–Kier alpha value is -1.88. The molecular weight excluding hydrogens is 256 g/mol. The number of rotatable bonds is 7. The molecule has 0 aromatic heterocycles. The molecule has 1 amide bonds. The molecule has 0 heterocycles. The molecule has 0 unspecified atom stereocenters. The molecule has 1 aromatic rings. The molecule has 0 radical (unpaired) electrons. The Kier molecular flexibility index (Phi) is 6.18. The van der Waals surface area contributed by atoms with Gasteiger partial charge in [0.2, 0.25) is 5.91 Å². The van der Waals surface area contributed by atoms with Crippen LogP contribution >= 0.6 is 0 Å². The van der Waals surface area contributed by atoms with Crippen molar-refractivity contribution in [1.29, 1.82) is 0 Å². The molecule has 5 heteroatoms. The van der Waals surface area contributed by atoms with Gasteiger partial charge in [0, 0.05) is 20.6 Å². The van der Waals surface area contributed by atoms with Crippen molar-refractivity contribution in [2.45, 2.75) is 19.9 Å². The first-order valence-electron chi connectivity index (χ1n) is 6.64. The van der Waals surface area contributed by atoms with Crippen LogP contribution in [0.4, 0.5) is 0 Å². The first-order valence-corrected chi connectivity index (χ1v) is 6.64. The molecule has 0 saturated heterocycles. The van der Waals surface area contributed by atoms with Gasteiger partial charge in [-0.2, -0.15) is 0 Å². The highest BCUT2D eigenvalue weighted by atomic mass is 16.4. The van der Waals surface area contributed by atoms with Gasteiger partial charge in [-0.05, 0) is 17.7 Å². The molecule has 1 rings (SSSR count). The number of carboxylic acid groups (broad SMARTS) is 1. The summed E-state index contributed by atoms with van der Waals surface area (Å²) in [6.07, 6.45) is 0.0386. The normalized spacial score (nSPS) is 10.6. The van der Waals surface area contributed by atoms with Crippen LogP contribution in [0.15, 0.2) is 24.3 Å². The number of carbonyl (C=O) groups is 2. The number of aliphatic carboxylic acids is 1. The molecule has 0 fully saturated rings. The molecule has 0 aliphatic heterocycles. The number of amides is 1. The molecule has 110 valence electrons. The van der Waals surface area contributed by atoms with E-state index in [4.69, 9.17) is 5.11 Å². The Bertz CT molecular complexity index is 455. The van der Waals surface area contributed by atoms with E-state index in [2.05, 4.69) is 4.90 Å². The lowest BCUT2D eigenvalue weighted by molar-refractivity contribution is -0.136. The summed E-state index contributed by atoms with van der Waals surface area (Å²) < 4.78 is 0. The van der Waals surface area contributed by atoms with Gasteiger partial charge in [-0.3, -0.25) is 14.5 Å². The largest absolute Gasteiger partial charge is 0.481 e. The van der Waals surface area contributed by atoms with Gasteiger partial charge in [0.25, 0.3) is 0 Å². The summed E-state index contributed by atoms with van der Waals surface area (Å²) in [5, 5.41) is 8.72. The molecule has 5 nitrogen and oxygen atoms in total. The standard InChI is InChI=1S/C15H22N2O3/c1-4-17(11-14(18)16(2)3)10-13-7-5-12(6-8-13)9-15(19)20/h5-8H,4,9-11H2,1-3H3,(H,19,20). The lowest BCUT2D eigenvalue weighted by Crippen LogP contribution is -2.36. The molecule has 1 N–H and O–H groups in total. The highest BCUT2D eigenvalue weighted by Gasteiger charge is 2.11. The monoisotopic (exact) mass is 278 g/mol. The van der Waals surface area contributed by atoms with Crippen LogP contribution in [-0.2, 0) is 22.6 Å². The van der Waals surface area contributed by atoms with Crippen molar-refractivity contribution >= 4 is 11.9 Å². The van der Waals surface area contributed by atoms with E-state index in [1.165, 1.54) is 0 Å². The third-order valence-corrected chi connectivity index (χ3v) is 3.09. The van der Waals surface area contributed by atoms with Crippen LogP contribution in [0.5, 0.6) is 0 Å². The highest BCUT2D eigenvalue weighted by Crippen LogP contribution is 2.08. The van der Waals surface area contributed by atoms with Crippen LogP contribution in [0.25, 0.3) is 0 Å². The zero-order chi connectivity index (χ0) is 15.1. The van der Waals surface area contributed by atoms with Gasteiger partial charge in [-0.1, -0.05) is 31.2 Å². The quantitative estimate of drug-likeness (QED) is 0.815. The Morgan fingerprint density at radius 1 is 1.10 bits per heavy atom. The molecule has 0 aliphatic carbocycles. The van der Waals surface area contributed by atoms with E-state index in [0.29, 0.717) is 13.1 Å². The Balaban J connectivity index is 2.61. The Morgan fingerprint density at radius 2 is 1.65 bits per heavy atom. The Labute approximate surface area is 119 Å². The molecule has 1 aromatic carbocycles. The summed E-state index contributed by atoms with van der Waals surface area (Å²) >= 11 is 0. The van der Waals surface area contributed by atoms with E-state index in [9.17, 15) is 9.59 Å². The topological polar surface area (TPSA) is 60.9 Å². The number of nitrogens with zero attached hydrogens (tertiary/aromatic N) is 2. The fourth-order valence-corrected chi connectivity index (χ4v) is 1.81. The van der Waals surface area contributed by atoms with Crippen LogP contribution in [0.3, 0.4) is 0 Å². The van der Waals surface area contributed by atoms with Crippen molar-refractivity contribution in [2.75, 3.05) is 27.2 Å². The van der Waals surface area contributed by atoms with Gasteiger partial charge in [-0.15, -0.1) is 0 Å². The van der Waals surface area contributed by atoms with E-state index in [1.807, 2.05) is 31.2 Å². The Morgan fingerprint density at radius 3 is 2.10 bits per heavy atom. The zero-order valence-corrected chi connectivity index (χ0v) is 12.3. The average molecular weight is 278 g/mol. The second-order valence-corrected chi connectivity index (χ2v) is 4.98. The zero-order valence-electron chi connectivity index (χ0n) is 12.3. The number of hydrogen-bond acceptors (Lipinski definition) is 3. The number of benzene rings is 1. The van der Waals surface area contributed by atoms with E-state index in [0.717, 1.165) is 17.7 Å². The predicted octanol–water partition coefficient (Wildman–Crippen LogP) is 1.22. The van der Waals surface area contributed by atoms with Crippen molar-refractivity contribution in [3.8, 4) is 0 Å². The van der Waals surface area contributed by atoms with Crippen molar-refractivity contribution < 1.29 is 14.7 Å². The third kappa shape index (κ3) is 5.40. The summed E-state index contributed by atoms with van der Waals surface area (Å²) in [7, 11) is 3.49. The van der Waals surface area contributed by atoms with Gasteiger partial charge < -0.3 is 10.0 Å². The molecule has 0 aliphatic rings. The van der Waals surface area contributed by atoms with E-state index >= 15 is 0 Å². The maximum absolute atomic E-state index is 11.7. The first kappa shape index (κ1) is 16.2. The summed E-state index contributed by atoms with van der Waals surface area (Å²) in [4.78, 5) is 25.9. The lowest BCUT2D eigenvalue weighted by atomic mass is 10.1. The average Bonchev–Trinajstić information content (AvgIpc) is 2.39. The summed E-state index contributed by atoms with van der Waals surface area (Å²) in [6, 6.07) is 7.48. The van der Waals surface area contributed by atoms with Gasteiger partial charge >= 0.3 is 5.97 Å². The predicted molar refractivity (Wildman–Crippen MR) is 77.4 cm³/mol. The van der Waals surface area contributed by atoms with Crippen LogP contribution in [0.2, 0.25) is 0 Å². The molecule has 0 spiro atoms. The van der Waals surface area contributed by atoms with Gasteiger partial charge in [-0.25, -0.2) is 0 Å². The van der Waals surface area contributed by atoms with E-state index in [-0.39, 0.29) is 12.3 Å². The maximum atomic E-state index is 11.7. The van der Waals surface area contributed by atoms with Crippen LogP contribution in [-0.4, -0.2) is 54.0 Å². The van der Waals surface area contributed by atoms with Crippen molar-refractivity contribution in [2.24, 2.45) is 0 Å². The van der Waals surface area contributed by atoms with E-state index in [1.54, 1.807) is 19.0 Å². The van der Waals surface area contributed by atoms with Crippen LogP contribution < -0.4 is 0 Å². The minimum atomic E-state index is -0.829. The minimum absolute atomic E-state index is 0.0386. The van der Waals surface area contributed by atoms with Gasteiger partial charge in [0.15, 0.2) is 0 Å². The van der Waals surface area contributed by atoms with Gasteiger partial charge in [0.1, 0.15) is 0 Å². The smallest absolute Gasteiger partial charge is 0.307 e. The number of carbonyl (C=O) groups excluding carboxylic acids is 1. The third-order valence-electron chi connectivity index (χ3n) is 3.09. The number of likely N-dealkylation sites (N-methyl/N-ethyl adjacent to an activating group) is 2. The molecule has 0 atom stereocenters. The number of hydrogen-bond donors (Lipinski definition) is 1. The van der Waals surface area contributed by atoms with Crippen molar-refractivity contribution in [3.05, 3.63) is 35.4 Å². The highest BCUT2D eigenvalue weighted by molar-refractivity contribution is 5.77. The SMILES string of the molecule is CCN(CC(=O)N(C)C)Cc1ccc(CC(=O)O)cc1. The van der Waals surface area contributed by atoms with Crippen molar-refractivity contribution in [1.82, 2.24) is 9.80 Å². The fourth-order valence-electron chi connectivity index (χ4n) is 1.81. The van der Waals surface area contributed by atoms with Crippen LogP contribution in [0, 0.1) is 0 Å². The molecular formula is C15H22N2O3. The summed E-state index contributed by atoms with van der Waals surface area (Å²) in [5.41, 5.74) is 1.86. The first-order chi connectivity index (χ1) is 9.42. The van der Waals surface area contributed by atoms with E-state index < -0.39 is 5.97 Å². The van der Waals surface area contributed by atoms with Crippen molar-refractivity contribution in [3.63, 3.8) is 0 Å². The van der Waals surface area contributed by atoms with Gasteiger partial charge in [0.05, 0.1) is 13.0 Å². The lowest BCUT2D eigenvalue weighted by Gasteiger charge is -2.22. The van der Waals surface area contributed by atoms with Crippen LogP contribution in [0.1, 0.15) is 18.1 Å². The maximum Gasteiger partial charge on any atom is 0.307 e. The summed E-state index contributed by atoms with van der Waals surface area (Å²) in [5.74, 6) is -0.751. The second-order valence-electron chi connectivity index (χ2n) is 4.98. The summed E-state index contributed by atoms with van der Waals surface area (Å²) in [6.45, 7) is 3.88. The second kappa shape index (κ2) is 7.65. The molecule has 0 saturated carbocycles. The molecule has 0 bridgehead atoms. The minimum Gasteiger partial charge on any atom is -0.481 e.